The average molecular weight is 549 g/mol. The molecule has 6 heteroatoms. The van der Waals surface area contributed by atoms with Gasteiger partial charge in [-0.1, -0.05) is 103 Å². The lowest BCUT2D eigenvalue weighted by Crippen LogP contribution is -2.24. The van der Waals surface area contributed by atoms with Crippen LogP contribution in [-0.4, -0.2) is 19.2 Å². The summed E-state index contributed by atoms with van der Waals surface area (Å²) >= 11 is 0. The number of benzene rings is 4. The second-order valence-corrected chi connectivity index (χ2v) is 10.3. The Balaban J connectivity index is 1.49. The van der Waals surface area contributed by atoms with Crippen molar-refractivity contribution in [3.63, 3.8) is 0 Å². The van der Waals surface area contributed by atoms with Gasteiger partial charge in [0.25, 0.3) is 5.56 Å². The van der Waals surface area contributed by atoms with Crippen molar-refractivity contribution in [3.05, 3.63) is 149 Å². The molecule has 0 bridgehead atoms. The van der Waals surface area contributed by atoms with E-state index in [9.17, 15) is 4.79 Å². The van der Waals surface area contributed by atoms with E-state index in [1.54, 1.807) is 10.7 Å². The molecule has 3 aromatic heterocycles. The van der Waals surface area contributed by atoms with E-state index in [-0.39, 0.29) is 12.2 Å². The fourth-order valence-corrected chi connectivity index (χ4v) is 5.58. The Hall–Kier alpha value is -5.33. The van der Waals surface area contributed by atoms with Gasteiger partial charge in [-0.2, -0.15) is 9.61 Å². The fourth-order valence-electron chi connectivity index (χ4n) is 5.58. The van der Waals surface area contributed by atoms with Crippen LogP contribution >= 0.6 is 0 Å². The quantitative estimate of drug-likeness (QED) is 0.210. The minimum atomic E-state index is -0.191. The summed E-state index contributed by atoms with van der Waals surface area (Å²) in [5.41, 5.74) is 8.20. The molecule has 4 aromatic carbocycles. The summed E-state index contributed by atoms with van der Waals surface area (Å²) in [5.74, 6) is 0. The third-order valence-electron chi connectivity index (χ3n) is 7.63. The summed E-state index contributed by atoms with van der Waals surface area (Å²) in [6.45, 7) is 0.680. The predicted molar refractivity (Wildman–Crippen MR) is 167 cm³/mol. The summed E-state index contributed by atoms with van der Waals surface area (Å²) in [4.78, 5) is 19.0. The Bertz CT molecular complexity index is 2080. The summed E-state index contributed by atoms with van der Waals surface area (Å²) in [7, 11) is 1.99. The molecule has 7 aromatic rings. The van der Waals surface area contributed by atoms with Gasteiger partial charge in [0, 0.05) is 24.2 Å². The molecule has 0 N–H and O–H groups in total. The standard InChI is InChI=1S/C36H28N4O2/c1-39-31(24-42-23-25-12-5-2-6-13-25)32(29-19-20-30-28(22-29)18-11-21-37-30)36(41)40-35(39)33(26-14-7-3-8-15-26)34(38-40)27-16-9-4-10-17-27/h2-22H,23-24H2,1H3. The van der Waals surface area contributed by atoms with Gasteiger partial charge in [0.05, 0.1) is 35.6 Å². The van der Waals surface area contributed by atoms with E-state index < -0.39 is 0 Å². The van der Waals surface area contributed by atoms with Gasteiger partial charge in [0.15, 0.2) is 0 Å². The summed E-state index contributed by atoms with van der Waals surface area (Å²) in [6.07, 6.45) is 1.77. The largest absolute Gasteiger partial charge is 0.371 e. The lowest BCUT2D eigenvalue weighted by molar-refractivity contribution is 0.103. The Morgan fingerprint density at radius 1 is 0.690 bits per heavy atom. The summed E-state index contributed by atoms with van der Waals surface area (Å²) in [6, 6.07) is 40.0. The van der Waals surface area contributed by atoms with Gasteiger partial charge in [-0.3, -0.25) is 9.78 Å². The number of nitrogens with zero attached hydrogens (tertiary/aromatic N) is 4. The van der Waals surface area contributed by atoms with Crippen LogP contribution in [0.5, 0.6) is 0 Å². The first-order valence-electron chi connectivity index (χ1n) is 13.9. The normalized spacial score (nSPS) is 11.4. The molecule has 3 heterocycles. The second kappa shape index (κ2) is 10.9. The van der Waals surface area contributed by atoms with Gasteiger partial charge in [-0.15, -0.1) is 0 Å². The summed E-state index contributed by atoms with van der Waals surface area (Å²) in [5, 5.41) is 5.93. The molecule has 0 aliphatic rings. The van der Waals surface area contributed by atoms with Crippen molar-refractivity contribution in [1.29, 1.82) is 0 Å². The third kappa shape index (κ3) is 4.58. The maximum atomic E-state index is 14.5. The Morgan fingerprint density at radius 2 is 1.38 bits per heavy atom. The molecular formula is C36H28N4O2. The molecule has 7 rings (SSSR count). The van der Waals surface area contributed by atoms with Gasteiger partial charge in [-0.05, 0) is 34.9 Å². The number of aromatic nitrogens is 4. The molecule has 0 saturated carbocycles. The van der Waals surface area contributed by atoms with Crippen LogP contribution < -0.4 is 5.56 Å². The number of hydrogen-bond donors (Lipinski definition) is 0. The van der Waals surface area contributed by atoms with Crippen molar-refractivity contribution in [3.8, 4) is 33.5 Å². The van der Waals surface area contributed by atoms with Crippen molar-refractivity contribution >= 4 is 16.6 Å². The van der Waals surface area contributed by atoms with Crippen molar-refractivity contribution in [2.24, 2.45) is 7.05 Å². The maximum Gasteiger partial charge on any atom is 0.282 e. The van der Waals surface area contributed by atoms with Crippen molar-refractivity contribution in [1.82, 2.24) is 19.2 Å². The van der Waals surface area contributed by atoms with Crippen LogP contribution in [0.2, 0.25) is 0 Å². The van der Waals surface area contributed by atoms with Crippen molar-refractivity contribution in [2.45, 2.75) is 13.2 Å². The maximum absolute atomic E-state index is 14.5. The second-order valence-electron chi connectivity index (χ2n) is 10.3. The fraction of sp³-hybridized carbons (Fsp3) is 0.0833. The molecular weight excluding hydrogens is 520 g/mol. The minimum absolute atomic E-state index is 0.191. The van der Waals surface area contributed by atoms with Gasteiger partial charge >= 0.3 is 0 Å². The van der Waals surface area contributed by atoms with E-state index in [0.29, 0.717) is 12.2 Å². The molecule has 204 valence electrons. The zero-order chi connectivity index (χ0) is 28.5. The monoisotopic (exact) mass is 548 g/mol. The first-order valence-corrected chi connectivity index (χ1v) is 13.9. The van der Waals surface area contributed by atoms with Crippen LogP contribution in [0.4, 0.5) is 0 Å². The first-order chi connectivity index (χ1) is 20.7. The van der Waals surface area contributed by atoms with Crippen LogP contribution in [0.1, 0.15) is 11.3 Å². The summed E-state index contributed by atoms with van der Waals surface area (Å²) < 4.78 is 9.89. The molecule has 0 radical (unpaired) electrons. The van der Waals surface area contributed by atoms with E-state index in [4.69, 9.17) is 9.84 Å². The van der Waals surface area contributed by atoms with E-state index in [0.717, 1.165) is 55.8 Å². The topological polar surface area (TPSA) is 61.4 Å². The molecule has 0 saturated heterocycles. The van der Waals surface area contributed by atoms with E-state index in [2.05, 4.69) is 21.7 Å². The number of fused-ring (bicyclic) bond motifs is 2. The number of rotatable bonds is 7. The van der Waals surface area contributed by atoms with Gasteiger partial charge < -0.3 is 9.30 Å². The van der Waals surface area contributed by atoms with E-state index >= 15 is 0 Å². The molecule has 0 atom stereocenters. The number of hydrogen-bond acceptors (Lipinski definition) is 4. The van der Waals surface area contributed by atoms with Crippen molar-refractivity contribution in [2.75, 3.05) is 0 Å². The molecule has 0 spiro atoms. The highest BCUT2D eigenvalue weighted by molar-refractivity contribution is 5.92. The lowest BCUT2D eigenvalue weighted by Gasteiger charge is -2.18. The van der Waals surface area contributed by atoms with E-state index in [1.165, 1.54) is 0 Å². The molecule has 0 unspecified atom stereocenters. The minimum Gasteiger partial charge on any atom is -0.371 e. The SMILES string of the molecule is Cn1c(COCc2ccccc2)c(-c2ccc3ncccc3c2)c(=O)n2nc(-c3ccccc3)c(-c3ccccc3)c12. The Kier molecular flexibility index (Phi) is 6.66. The van der Waals surface area contributed by atoms with Crippen LogP contribution in [0.15, 0.2) is 132 Å². The molecule has 0 aliphatic heterocycles. The Morgan fingerprint density at radius 3 is 2.12 bits per heavy atom. The number of aryl methyl sites for hydroxylation is 1. The van der Waals surface area contributed by atoms with Crippen LogP contribution in [0, 0.1) is 0 Å². The molecule has 6 nitrogen and oxygen atoms in total. The van der Waals surface area contributed by atoms with E-state index in [1.807, 2.05) is 116 Å². The molecule has 0 aliphatic carbocycles. The highest BCUT2D eigenvalue weighted by atomic mass is 16.5. The van der Waals surface area contributed by atoms with Gasteiger partial charge in [-0.25, -0.2) is 0 Å². The molecule has 0 amide bonds. The highest BCUT2D eigenvalue weighted by Crippen LogP contribution is 2.36. The van der Waals surface area contributed by atoms with Crippen LogP contribution in [0.25, 0.3) is 50.1 Å². The zero-order valence-corrected chi connectivity index (χ0v) is 23.1. The molecule has 42 heavy (non-hydrogen) atoms. The first kappa shape index (κ1) is 25.6. The Labute approximate surface area is 243 Å². The van der Waals surface area contributed by atoms with Crippen molar-refractivity contribution < 1.29 is 4.74 Å². The number of ether oxygens (including phenoxy) is 1. The molecule has 0 fully saturated rings. The lowest BCUT2D eigenvalue weighted by atomic mass is 10.00. The highest BCUT2D eigenvalue weighted by Gasteiger charge is 2.25. The predicted octanol–water partition coefficient (Wildman–Crippen LogP) is 7.30. The van der Waals surface area contributed by atoms with Gasteiger partial charge in [0.1, 0.15) is 11.3 Å². The van der Waals surface area contributed by atoms with Crippen LogP contribution in [0.3, 0.4) is 0 Å². The average Bonchev–Trinajstić information content (AvgIpc) is 3.46. The van der Waals surface area contributed by atoms with Crippen LogP contribution in [-0.2, 0) is 25.0 Å². The smallest absolute Gasteiger partial charge is 0.282 e. The van der Waals surface area contributed by atoms with Gasteiger partial charge in [0.2, 0.25) is 0 Å². The third-order valence-corrected chi connectivity index (χ3v) is 7.63. The number of pyridine rings is 1. The zero-order valence-electron chi connectivity index (χ0n) is 23.1.